The largest absolute Gasteiger partial charge is 0.370 e. The van der Waals surface area contributed by atoms with E-state index in [1.807, 2.05) is 6.07 Å². The van der Waals surface area contributed by atoms with E-state index < -0.39 is 0 Å². The van der Waals surface area contributed by atoms with Crippen LogP contribution in [0, 0.1) is 0 Å². The number of hydrogen-bond donors (Lipinski definition) is 1. The van der Waals surface area contributed by atoms with Gasteiger partial charge in [-0.3, -0.25) is 4.79 Å². The molecule has 0 saturated carbocycles. The minimum Gasteiger partial charge on any atom is -0.370 e. The second-order valence-corrected chi connectivity index (χ2v) is 4.46. The number of unbranched alkanes of at least 4 members (excludes halogenated alkanes) is 1. The first-order valence-electron chi connectivity index (χ1n) is 6.19. The predicted octanol–water partition coefficient (Wildman–Crippen LogP) is 1.82. The average molecular weight is 234 g/mol. The van der Waals surface area contributed by atoms with Crippen molar-refractivity contribution in [2.45, 2.75) is 25.7 Å². The number of carbonyl (C=O) groups excluding carboxylic acids is 1. The molecule has 3 nitrogen and oxygen atoms in total. The van der Waals surface area contributed by atoms with Crippen molar-refractivity contribution in [1.29, 1.82) is 0 Å². The summed E-state index contributed by atoms with van der Waals surface area (Å²) in [5, 5.41) is 0. The van der Waals surface area contributed by atoms with E-state index in [1.54, 1.807) is 0 Å². The lowest BCUT2D eigenvalue weighted by molar-refractivity contribution is -0.118. The van der Waals surface area contributed by atoms with Gasteiger partial charge in [0.2, 0.25) is 5.91 Å². The molecule has 0 spiro atoms. The third-order valence-corrected chi connectivity index (χ3v) is 2.84. The van der Waals surface area contributed by atoms with Gasteiger partial charge in [0.1, 0.15) is 0 Å². The van der Waals surface area contributed by atoms with Crippen molar-refractivity contribution in [2.75, 3.05) is 20.1 Å². The van der Waals surface area contributed by atoms with Crippen LogP contribution >= 0.6 is 0 Å². The molecule has 17 heavy (non-hydrogen) atoms. The highest BCUT2D eigenvalue weighted by Gasteiger charge is 2.00. The molecule has 3 heteroatoms. The highest BCUT2D eigenvalue weighted by atomic mass is 16.1. The molecule has 0 aliphatic heterocycles. The number of likely N-dealkylation sites (N-methyl/N-ethyl adjacent to an activating group) is 1. The third kappa shape index (κ3) is 6.74. The van der Waals surface area contributed by atoms with E-state index in [1.165, 1.54) is 5.56 Å². The maximum atomic E-state index is 10.6. The summed E-state index contributed by atoms with van der Waals surface area (Å²) in [6.07, 6.45) is 3.51. The molecule has 0 heterocycles. The minimum absolute atomic E-state index is 0.197. The van der Waals surface area contributed by atoms with E-state index in [9.17, 15) is 4.79 Å². The quantitative estimate of drug-likeness (QED) is 0.697. The van der Waals surface area contributed by atoms with E-state index in [0.717, 1.165) is 32.4 Å². The number of benzene rings is 1. The standard InChI is InChI=1S/C14H22N2O/c1-16(11-6-5-9-14(15)17)12-10-13-7-3-2-4-8-13/h2-4,7-8H,5-6,9-12H2,1H3,(H2,15,17). The number of nitrogens with zero attached hydrogens (tertiary/aromatic N) is 1. The maximum Gasteiger partial charge on any atom is 0.217 e. The van der Waals surface area contributed by atoms with Crippen molar-refractivity contribution < 1.29 is 4.79 Å². The molecule has 0 aliphatic rings. The summed E-state index contributed by atoms with van der Waals surface area (Å²) in [6.45, 7) is 2.08. The average Bonchev–Trinajstić information content (AvgIpc) is 2.33. The summed E-state index contributed by atoms with van der Waals surface area (Å²) in [6, 6.07) is 10.5. The number of carbonyl (C=O) groups is 1. The van der Waals surface area contributed by atoms with Crippen molar-refractivity contribution in [1.82, 2.24) is 4.90 Å². The highest BCUT2D eigenvalue weighted by molar-refractivity contribution is 5.73. The van der Waals surface area contributed by atoms with Gasteiger partial charge in [-0.15, -0.1) is 0 Å². The zero-order valence-corrected chi connectivity index (χ0v) is 10.6. The summed E-state index contributed by atoms with van der Waals surface area (Å²) in [4.78, 5) is 12.9. The number of hydrogen-bond acceptors (Lipinski definition) is 2. The monoisotopic (exact) mass is 234 g/mol. The number of nitrogens with two attached hydrogens (primary N) is 1. The Hall–Kier alpha value is -1.35. The van der Waals surface area contributed by atoms with Crippen LogP contribution in [0.15, 0.2) is 30.3 Å². The van der Waals surface area contributed by atoms with Gasteiger partial charge in [-0.2, -0.15) is 0 Å². The fourth-order valence-electron chi connectivity index (χ4n) is 1.76. The molecule has 1 aromatic rings. The third-order valence-electron chi connectivity index (χ3n) is 2.84. The molecule has 0 aliphatic carbocycles. The van der Waals surface area contributed by atoms with Crippen molar-refractivity contribution in [2.24, 2.45) is 5.73 Å². The molecule has 0 radical (unpaired) electrons. The molecule has 1 aromatic carbocycles. The highest BCUT2D eigenvalue weighted by Crippen LogP contribution is 2.02. The summed E-state index contributed by atoms with van der Waals surface area (Å²) in [7, 11) is 2.12. The van der Waals surface area contributed by atoms with Gasteiger partial charge in [-0.1, -0.05) is 30.3 Å². The molecular weight excluding hydrogens is 212 g/mol. The van der Waals surface area contributed by atoms with Crippen LogP contribution in [-0.4, -0.2) is 30.9 Å². The van der Waals surface area contributed by atoms with Crippen LogP contribution in [0.4, 0.5) is 0 Å². The summed E-state index contributed by atoms with van der Waals surface area (Å²) in [5.41, 5.74) is 6.46. The normalized spacial score (nSPS) is 10.7. The topological polar surface area (TPSA) is 46.3 Å². The molecular formula is C14H22N2O. The van der Waals surface area contributed by atoms with Crippen LogP contribution in [-0.2, 0) is 11.2 Å². The first-order valence-corrected chi connectivity index (χ1v) is 6.19. The zero-order valence-electron chi connectivity index (χ0n) is 10.6. The second kappa shape index (κ2) is 7.85. The van der Waals surface area contributed by atoms with Gasteiger partial charge < -0.3 is 10.6 Å². The smallest absolute Gasteiger partial charge is 0.217 e. The Morgan fingerprint density at radius 3 is 2.53 bits per heavy atom. The predicted molar refractivity (Wildman–Crippen MR) is 70.7 cm³/mol. The van der Waals surface area contributed by atoms with Crippen LogP contribution in [0.3, 0.4) is 0 Å². The van der Waals surface area contributed by atoms with Crippen molar-refractivity contribution in [3.05, 3.63) is 35.9 Å². The molecule has 1 amide bonds. The van der Waals surface area contributed by atoms with E-state index in [-0.39, 0.29) is 5.91 Å². The van der Waals surface area contributed by atoms with E-state index in [2.05, 4.69) is 36.2 Å². The molecule has 94 valence electrons. The molecule has 0 bridgehead atoms. The van der Waals surface area contributed by atoms with E-state index >= 15 is 0 Å². The van der Waals surface area contributed by atoms with Gasteiger partial charge in [0.15, 0.2) is 0 Å². The Morgan fingerprint density at radius 1 is 1.18 bits per heavy atom. The Kier molecular flexibility index (Phi) is 6.33. The van der Waals surface area contributed by atoms with Gasteiger partial charge in [0, 0.05) is 13.0 Å². The van der Waals surface area contributed by atoms with Crippen molar-refractivity contribution in [3.8, 4) is 0 Å². The van der Waals surface area contributed by atoms with Crippen molar-refractivity contribution >= 4 is 5.91 Å². The molecule has 0 fully saturated rings. The second-order valence-electron chi connectivity index (χ2n) is 4.46. The number of primary amides is 1. The Morgan fingerprint density at radius 2 is 1.88 bits per heavy atom. The summed E-state index contributed by atoms with van der Waals surface area (Å²) >= 11 is 0. The lowest BCUT2D eigenvalue weighted by atomic mass is 10.1. The van der Waals surface area contributed by atoms with Gasteiger partial charge in [0.05, 0.1) is 0 Å². The molecule has 0 aromatic heterocycles. The summed E-state index contributed by atoms with van der Waals surface area (Å²) < 4.78 is 0. The Labute approximate surface area is 104 Å². The lowest BCUT2D eigenvalue weighted by Gasteiger charge is -2.16. The SMILES string of the molecule is CN(CCCCC(N)=O)CCc1ccccc1. The van der Waals surface area contributed by atoms with Gasteiger partial charge in [0.25, 0.3) is 0 Å². The Bertz CT molecular complexity index is 324. The van der Waals surface area contributed by atoms with Crippen LogP contribution in [0.5, 0.6) is 0 Å². The van der Waals surface area contributed by atoms with Gasteiger partial charge in [-0.05, 0) is 38.4 Å². The Balaban J connectivity index is 2.09. The fraction of sp³-hybridized carbons (Fsp3) is 0.500. The van der Waals surface area contributed by atoms with Crippen LogP contribution in [0.25, 0.3) is 0 Å². The van der Waals surface area contributed by atoms with Crippen LogP contribution < -0.4 is 5.73 Å². The van der Waals surface area contributed by atoms with Gasteiger partial charge in [-0.25, -0.2) is 0 Å². The lowest BCUT2D eigenvalue weighted by Crippen LogP contribution is -2.22. The minimum atomic E-state index is -0.197. The molecule has 1 rings (SSSR count). The van der Waals surface area contributed by atoms with Crippen LogP contribution in [0.2, 0.25) is 0 Å². The molecule has 0 atom stereocenters. The fourth-order valence-corrected chi connectivity index (χ4v) is 1.76. The van der Waals surface area contributed by atoms with Crippen LogP contribution in [0.1, 0.15) is 24.8 Å². The molecule has 0 saturated heterocycles. The number of amides is 1. The maximum absolute atomic E-state index is 10.6. The van der Waals surface area contributed by atoms with E-state index in [0.29, 0.717) is 6.42 Å². The first-order chi connectivity index (χ1) is 8.18. The first kappa shape index (κ1) is 13.7. The molecule has 0 unspecified atom stereocenters. The number of rotatable bonds is 8. The van der Waals surface area contributed by atoms with E-state index in [4.69, 9.17) is 5.73 Å². The molecule has 2 N–H and O–H groups in total. The van der Waals surface area contributed by atoms with Gasteiger partial charge >= 0.3 is 0 Å². The zero-order chi connectivity index (χ0) is 12.5. The van der Waals surface area contributed by atoms with Crippen molar-refractivity contribution in [3.63, 3.8) is 0 Å². The summed E-state index contributed by atoms with van der Waals surface area (Å²) in [5.74, 6) is -0.197.